The molecule has 0 saturated carbocycles. The SMILES string of the molecule is CC(C)CNc1nccn1C(C)C1CCOC1. The number of anilines is 1. The van der Waals surface area contributed by atoms with Gasteiger partial charge in [-0.1, -0.05) is 13.8 Å². The van der Waals surface area contributed by atoms with Crippen molar-refractivity contribution in [3.63, 3.8) is 0 Å². The molecule has 1 aliphatic rings. The minimum Gasteiger partial charge on any atom is -0.381 e. The highest BCUT2D eigenvalue weighted by atomic mass is 16.5. The predicted octanol–water partition coefficient (Wildman–Crippen LogP) is 2.55. The number of hydrogen-bond acceptors (Lipinski definition) is 3. The molecule has 1 aromatic heterocycles. The van der Waals surface area contributed by atoms with E-state index in [-0.39, 0.29) is 0 Å². The molecule has 2 rings (SSSR count). The van der Waals surface area contributed by atoms with Gasteiger partial charge in [-0.25, -0.2) is 4.98 Å². The second-order valence-corrected chi connectivity index (χ2v) is 5.30. The van der Waals surface area contributed by atoms with E-state index in [0.29, 0.717) is 17.9 Å². The van der Waals surface area contributed by atoms with E-state index in [2.05, 4.69) is 41.8 Å². The molecule has 1 saturated heterocycles. The fourth-order valence-electron chi connectivity index (χ4n) is 2.23. The number of ether oxygens (including phenoxy) is 1. The molecule has 1 aromatic rings. The van der Waals surface area contributed by atoms with Crippen LogP contribution in [-0.4, -0.2) is 29.3 Å². The summed E-state index contributed by atoms with van der Waals surface area (Å²) in [4.78, 5) is 4.39. The third-order valence-corrected chi connectivity index (χ3v) is 3.42. The monoisotopic (exact) mass is 237 g/mol. The summed E-state index contributed by atoms with van der Waals surface area (Å²) in [6.07, 6.45) is 5.09. The number of nitrogens with zero attached hydrogens (tertiary/aromatic N) is 2. The zero-order valence-electron chi connectivity index (χ0n) is 11.0. The molecule has 96 valence electrons. The molecular weight excluding hydrogens is 214 g/mol. The Kier molecular flexibility index (Phi) is 4.05. The van der Waals surface area contributed by atoms with E-state index in [1.54, 1.807) is 0 Å². The Bertz CT molecular complexity index is 342. The molecule has 2 heterocycles. The van der Waals surface area contributed by atoms with Crippen molar-refractivity contribution in [1.82, 2.24) is 9.55 Å². The Morgan fingerprint density at radius 1 is 1.53 bits per heavy atom. The summed E-state index contributed by atoms with van der Waals surface area (Å²) in [6.45, 7) is 9.40. The topological polar surface area (TPSA) is 39.1 Å². The maximum Gasteiger partial charge on any atom is 0.203 e. The largest absolute Gasteiger partial charge is 0.381 e. The van der Waals surface area contributed by atoms with Gasteiger partial charge in [-0.2, -0.15) is 0 Å². The third-order valence-electron chi connectivity index (χ3n) is 3.42. The first-order valence-corrected chi connectivity index (χ1v) is 6.53. The van der Waals surface area contributed by atoms with Crippen LogP contribution >= 0.6 is 0 Å². The van der Waals surface area contributed by atoms with Gasteiger partial charge in [0.25, 0.3) is 0 Å². The van der Waals surface area contributed by atoms with Crippen LogP contribution < -0.4 is 5.32 Å². The van der Waals surface area contributed by atoms with E-state index >= 15 is 0 Å². The highest BCUT2D eigenvalue weighted by Gasteiger charge is 2.24. The first kappa shape index (κ1) is 12.4. The number of rotatable bonds is 5. The van der Waals surface area contributed by atoms with Crippen molar-refractivity contribution in [3.8, 4) is 0 Å². The zero-order valence-corrected chi connectivity index (χ0v) is 11.0. The summed E-state index contributed by atoms with van der Waals surface area (Å²) in [5.74, 6) is 2.23. The van der Waals surface area contributed by atoms with Crippen molar-refractivity contribution in [1.29, 1.82) is 0 Å². The molecule has 0 spiro atoms. The highest BCUT2D eigenvalue weighted by Crippen LogP contribution is 2.28. The lowest BCUT2D eigenvalue weighted by Gasteiger charge is -2.22. The average molecular weight is 237 g/mol. The predicted molar refractivity (Wildman–Crippen MR) is 69.2 cm³/mol. The lowest BCUT2D eigenvalue weighted by molar-refractivity contribution is 0.175. The highest BCUT2D eigenvalue weighted by molar-refractivity contribution is 5.26. The Hall–Kier alpha value is -1.03. The Labute approximate surface area is 103 Å². The number of aromatic nitrogens is 2. The lowest BCUT2D eigenvalue weighted by atomic mass is 10.0. The smallest absolute Gasteiger partial charge is 0.203 e. The van der Waals surface area contributed by atoms with Gasteiger partial charge in [-0.05, 0) is 19.3 Å². The molecule has 4 nitrogen and oxygen atoms in total. The Morgan fingerprint density at radius 2 is 2.35 bits per heavy atom. The average Bonchev–Trinajstić information content (AvgIpc) is 2.96. The quantitative estimate of drug-likeness (QED) is 0.855. The van der Waals surface area contributed by atoms with Gasteiger partial charge in [-0.3, -0.25) is 0 Å². The molecule has 2 atom stereocenters. The molecule has 0 aliphatic carbocycles. The fourth-order valence-corrected chi connectivity index (χ4v) is 2.23. The summed E-state index contributed by atoms with van der Waals surface area (Å²) in [5.41, 5.74) is 0. The Balaban J connectivity index is 2.01. The molecule has 0 aromatic carbocycles. The van der Waals surface area contributed by atoms with Crippen molar-refractivity contribution < 1.29 is 4.74 Å². The van der Waals surface area contributed by atoms with Crippen molar-refractivity contribution >= 4 is 5.95 Å². The first-order chi connectivity index (χ1) is 8.18. The summed E-state index contributed by atoms with van der Waals surface area (Å²) < 4.78 is 7.70. The molecule has 0 radical (unpaired) electrons. The van der Waals surface area contributed by atoms with Crippen molar-refractivity contribution in [2.75, 3.05) is 25.1 Å². The number of nitrogens with one attached hydrogen (secondary N) is 1. The molecule has 1 N–H and O–H groups in total. The third kappa shape index (κ3) is 3.00. The van der Waals surface area contributed by atoms with Gasteiger partial charge < -0.3 is 14.6 Å². The summed E-state index contributed by atoms with van der Waals surface area (Å²) >= 11 is 0. The van der Waals surface area contributed by atoms with Crippen LogP contribution in [0.4, 0.5) is 5.95 Å². The van der Waals surface area contributed by atoms with Crippen LogP contribution in [0, 0.1) is 11.8 Å². The maximum absolute atomic E-state index is 5.46. The van der Waals surface area contributed by atoms with Gasteiger partial charge in [-0.15, -0.1) is 0 Å². The van der Waals surface area contributed by atoms with E-state index in [1.165, 1.54) is 0 Å². The standard InChI is InChI=1S/C13H23N3O/c1-10(2)8-15-13-14-5-6-16(13)11(3)12-4-7-17-9-12/h5-6,10-12H,4,7-9H2,1-3H3,(H,14,15). The second kappa shape index (κ2) is 5.54. The van der Waals surface area contributed by atoms with Crippen LogP contribution in [0.25, 0.3) is 0 Å². The molecule has 17 heavy (non-hydrogen) atoms. The van der Waals surface area contributed by atoms with Gasteiger partial charge in [0.15, 0.2) is 0 Å². The van der Waals surface area contributed by atoms with Gasteiger partial charge in [0.05, 0.1) is 6.61 Å². The number of imidazole rings is 1. The normalized spacial score (nSPS) is 22.0. The summed E-state index contributed by atoms with van der Waals surface area (Å²) in [7, 11) is 0. The van der Waals surface area contributed by atoms with Gasteiger partial charge in [0.1, 0.15) is 0 Å². The van der Waals surface area contributed by atoms with Gasteiger partial charge in [0.2, 0.25) is 5.95 Å². The molecular formula is C13H23N3O. The van der Waals surface area contributed by atoms with Crippen LogP contribution in [0.1, 0.15) is 33.2 Å². The van der Waals surface area contributed by atoms with Crippen molar-refractivity contribution in [2.24, 2.45) is 11.8 Å². The molecule has 1 aliphatic heterocycles. The van der Waals surface area contributed by atoms with E-state index in [4.69, 9.17) is 4.74 Å². The first-order valence-electron chi connectivity index (χ1n) is 6.53. The van der Waals surface area contributed by atoms with Gasteiger partial charge >= 0.3 is 0 Å². The lowest BCUT2D eigenvalue weighted by Crippen LogP contribution is -2.20. The second-order valence-electron chi connectivity index (χ2n) is 5.30. The molecule has 1 fully saturated rings. The van der Waals surface area contributed by atoms with Gasteiger partial charge in [0, 0.05) is 37.5 Å². The molecule has 2 unspecified atom stereocenters. The van der Waals surface area contributed by atoms with Crippen LogP contribution in [0.2, 0.25) is 0 Å². The fraction of sp³-hybridized carbons (Fsp3) is 0.769. The van der Waals surface area contributed by atoms with Crippen LogP contribution in [0.15, 0.2) is 12.4 Å². The van der Waals surface area contributed by atoms with Crippen molar-refractivity contribution in [3.05, 3.63) is 12.4 Å². The van der Waals surface area contributed by atoms with E-state index < -0.39 is 0 Å². The molecule has 0 amide bonds. The summed E-state index contributed by atoms with van der Waals surface area (Å²) in [5, 5.41) is 3.41. The van der Waals surface area contributed by atoms with Crippen molar-refractivity contribution in [2.45, 2.75) is 33.2 Å². The molecule has 0 bridgehead atoms. The van der Waals surface area contributed by atoms with Crippen LogP contribution in [0.5, 0.6) is 0 Å². The van der Waals surface area contributed by atoms with E-state index in [1.807, 2.05) is 6.20 Å². The van der Waals surface area contributed by atoms with E-state index in [9.17, 15) is 0 Å². The Morgan fingerprint density at radius 3 is 3.00 bits per heavy atom. The van der Waals surface area contributed by atoms with Crippen LogP contribution in [0.3, 0.4) is 0 Å². The zero-order chi connectivity index (χ0) is 12.3. The number of hydrogen-bond donors (Lipinski definition) is 1. The van der Waals surface area contributed by atoms with Crippen LogP contribution in [-0.2, 0) is 4.74 Å². The minimum atomic E-state index is 0.453. The molecule has 4 heteroatoms. The summed E-state index contributed by atoms with van der Waals surface area (Å²) in [6, 6.07) is 0.453. The maximum atomic E-state index is 5.46. The van der Waals surface area contributed by atoms with E-state index in [0.717, 1.165) is 32.1 Å². The minimum absolute atomic E-state index is 0.453.